The van der Waals surface area contributed by atoms with Crippen molar-refractivity contribution in [2.75, 3.05) is 6.61 Å². The van der Waals surface area contributed by atoms with Crippen LogP contribution in [0.5, 0.6) is 5.75 Å². The van der Waals surface area contributed by atoms with Crippen molar-refractivity contribution in [2.24, 2.45) is 0 Å². The van der Waals surface area contributed by atoms with E-state index < -0.39 is 6.10 Å². The number of hydrogen-bond donors (Lipinski definition) is 1. The first-order valence-corrected chi connectivity index (χ1v) is 9.35. The molecule has 0 saturated heterocycles. The van der Waals surface area contributed by atoms with Crippen LogP contribution in [0.4, 0.5) is 0 Å². The van der Waals surface area contributed by atoms with Crippen LogP contribution in [0.15, 0.2) is 54.6 Å². The summed E-state index contributed by atoms with van der Waals surface area (Å²) in [5.41, 5.74) is 1.57. The van der Waals surface area contributed by atoms with Crippen LogP contribution in [0.2, 0.25) is 0 Å². The Morgan fingerprint density at radius 3 is 2.37 bits per heavy atom. The molecule has 5 heteroatoms. The Balaban J connectivity index is 1.79. The lowest BCUT2D eigenvalue weighted by molar-refractivity contribution is -0.151. The summed E-state index contributed by atoms with van der Waals surface area (Å²) in [6.45, 7) is 4.64. The largest absolute Gasteiger partial charge is 0.479 e. The highest BCUT2D eigenvalue weighted by Gasteiger charge is 2.16. The first-order valence-electron chi connectivity index (χ1n) is 9.35. The zero-order valence-corrected chi connectivity index (χ0v) is 15.9. The van der Waals surface area contributed by atoms with Crippen LogP contribution in [-0.2, 0) is 16.1 Å². The van der Waals surface area contributed by atoms with E-state index in [0.717, 1.165) is 24.8 Å². The van der Waals surface area contributed by atoms with Gasteiger partial charge in [-0.05, 0) is 43.2 Å². The molecule has 1 unspecified atom stereocenters. The predicted octanol–water partition coefficient (Wildman–Crippen LogP) is 4.12. The van der Waals surface area contributed by atoms with Gasteiger partial charge in [0, 0.05) is 12.1 Å². The normalized spacial score (nSPS) is 11.5. The van der Waals surface area contributed by atoms with Gasteiger partial charge in [0.15, 0.2) is 6.10 Å². The minimum Gasteiger partial charge on any atom is -0.479 e. The third kappa shape index (κ3) is 7.13. The van der Waals surface area contributed by atoms with Gasteiger partial charge in [-0.3, -0.25) is 4.79 Å². The SMILES string of the molecule is CCCCCOC(=O)C(C)Oc1ccc(C(=O)NCc2ccccc2)cc1. The van der Waals surface area contributed by atoms with Crippen LogP contribution in [0.1, 0.15) is 49.0 Å². The maximum absolute atomic E-state index is 12.2. The molecule has 5 nitrogen and oxygen atoms in total. The van der Waals surface area contributed by atoms with Gasteiger partial charge in [-0.2, -0.15) is 0 Å². The molecule has 0 heterocycles. The molecular formula is C22H27NO4. The zero-order chi connectivity index (χ0) is 19.5. The monoisotopic (exact) mass is 369 g/mol. The molecule has 1 amide bonds. The van der Waals surface area contributed by atoms with E-state index in [-0.39, 0.29) is 11.9 Å². The molecule has 1 N–H and O–H groups in total. The molecule has 0 bridgehead atoms. The van der Waals surface area contributed by atoms with Crippen LogP contribution in [0.3, 0.4) is 0 Å². The molecule has 0 aliphatic heterocycles. The molecule has 0 radical (unpaired) electrons. The highest BCUT2D eigenvalue weighted by atomic mass is 16.6. The molecular weight excluding hydrogens is 342 g/mol. The fraction of sp³-hybridized carbons (Fsp3) is 0.364. The molecule has 2 aromatic rings. The highest BCUT2D eigenvalue weighted by molar-refractivity contribution is 5.94. The first-order chi connectivity index (χ1) is 13.1. The quantitative estimate of drug-likeness (QED) is 0.505. The lowest BCUT2D eigenvalue weighted by Crippen LogP contribution is -2.26. The maximum Gasteiger partial charge on any atom is 0.347 e. The van der Waals surface area contributed by atoms with Crippen molar-refractivity contribution in [3.63, 3.8) is 0 Å². The van der Waals surface area contributed by atoms with E-state index in [1.165, 1.54) is 0 Å². The molecule has 0 saturated carbocycles. The van der Waals surface area contributed by atoms with Gasteiger partial charge in [-0.25, -0.2) is 4.79 Å². The molecule has 0 spiro atoms. The van der Waals surface area contributed by atoms with Crippen molar-refractivity contribution in [1.82, 2.24) is 5.32 Å². The molecule has 0 aliphatic rings. The van der Waals surface area contributed by atoms with Crippen LogP contribution in [0, 0.1) is 0 Å². The van der Waals surface area contributed by atoms with Crippen LogP contribution in [-0.4, -0.2) is 24.6 Å². The Hall–Kier alpha value is -2.82. The Morgan fingerprint density at radius 1 is 1.00 bits per heavy atom. The van der Waals surface area contributed by atoms with Crippen molar-refractivity contribution in [1.29, 1.82) is 0 Å². The fourth-order valence-electron chi connectivity index (χ4n) is 2.46. The summed E-state index contributed by atoms with van der Waals surface area (Å²) in [6.07, 6.45) is 2.29. The number of unbranched alkanes of at least 4 members (excludes halogenated alkanes) is 2. The van der Waals surface area contributed by atoms with Crippen LogP contribution < -0.4 is 10.1 Å². The topological polar surface area (TPSA) is 64.6 Å². The summed E-state index contributed by atoms with van der Waals surface area (Å²) in [7, 11) is 0. The summed E-state index contributed by atoms with van der Waals surface area (Å²) in [5.74, 6) is -0.0165. The molecule has 27 heavy (non-hydrogen) atoms. The van der Waals surface area contributed by atoms with Gasteiger partial charge in [-0.15, -0.1) is 0 Å². The number of rotatable bonds is 10. The number of amides is 1. The number of carbonyl (C=O) groups excluding carboxylic acids is 2. The number of esters is 1. The first kappa shape index (κ1) is 20.5. The van der Waals surface area contributed by atoms with Crippen LogP contribution >= 0.6 is 0 Å². The second-order valence-electron chi connectivity index (χ2n) is 6.33. The number of benzene rings is 2. The third-order valence-corrected chi connectivity index (χ3v) is 4.05. The molecule has 0 fully saturated rings. The van der Waals surface area contributed by atoms with E-state index in [4.69, 9.17) is 9.47 Å². The Kier molecular flexibility index (Phi) is 8.36. The summed E-state index contributed by atoms with van der Waals surface area (Å²) in [4.78, 5) is 24.1. The van der Waals surface area contributed by atoms with Crippen molar-refractivity contribution in [3.8, 4) is 5.75 Å². The molecule has 144 valence electrons. The average Bonchev–Trinajstić information content (AvgIpc) is 2.70. The minimum absolute atomic E-state index is 0.159. The van der Waals surface area contributed by atoms with Crippen molar-refractivity contribution < 1.29 is 19.1 Å². The van der Waals surface area contributed by atoms with E-state index in [9.17, 15) is 9.59 Å². The number of ether oxygens (including phenoxy) is 2. The highest BCUT2D eigenvalue weighted by Crippen LogP contribution is 2.15. The summed E-state index contributed by atoms with van der Waals surface area (Å²) < 4.78 is 10.8. The lowest BCUT2D eigenvalue weighted by atomic mass is 10.2. The van der Waals surface area contributed by atoms with Crippen LogP contribution in [0.25, 0.3) is 0 Å². The van der Waals surface area contributed by atoms with E-state index in [1.54, 1.807) is 31.2 Å². The molecule has 0 aromatic heterocycles. The Labute approximate surface area is 160 Å². The Morgan fingerprint density at radius 2 is 1.70 bits per heavy atom. The molecule has 2 rings (SSSR count). The average molecular weight is 369 g/mol. The van der Waals surface area contributed by atoms with E-state index in [2.05, 4.69) is 12.2 Å². The number of nitrogens with one attached hydrogen (secondary N) is 1. The van der Waals surface area contributed by atoms with E-state index >= 15 is 0 Å². The fourth-order valence-corrected chi connectivity index (χ4v) is 2.46. The number of carbonyl (C=O) groups is 2. The molecule has 1 atom stereocenters. The lowest BCUT2D eigenvalue weighted by Gasteiger charge is -2.14. The summed E-state index contributed by atoms with van der Waals surface area (Å²) in [6, 6.07) is 16.4. The molecule has 0 aliphatic carbocycles. The van der Waals surface area contributed by atoms with Gasteiger partial charge >= 0.3 is 5.97 Å². The second kappa shape index (κ2) is 11.0. The smallest absolute Gasteiger partial charge is 0.347 e. The van der Waals surface area contributed by atoms with Gasteiger partial charge < -0.3 is 14.8 Å². The van der Waals surface area contributed by atoms with E-state index in [0.29, 0.717) is 24.5 Å². The van der Waals surface area contributed by atoms with Crippen molar-refractivity contribution in [3.05, 3.63) is 65.7 Å². The summed E-state index contributed by atoms with van der Waals surface area (Å²) in [5, 5.41) is 2.87. The zero-order valence-electron chi connectivity index (χ0n) is 15.9. The predicted molar refractivity (Wildman–Crippen MR) is 105 cm³/mol. The van der Waals surface area contributed by atoms with Gasteiger partial charge in [-0.1, -0.05) is 50.1 Å². The number of hydrogen-bond acceptors (Lipinski definition) is 4. The molecule has 2 aromatic carbocycles. The minimum atomic E-state index is -0.690. The van der Waals surface area contributed by atoms with Crippen molar-refractivity contribution in [2.45, 2.75) is 45.8 Å². The standard InChI is InChI=1S/C22H27NO4/c1-3-4-8-15-26-22(25)17(2)27-20-13-11-19(12-14-20)21(24)23-16-18-9-6-5-7-10-18/h5-7,9-14,17H,3-4,8,15-16H2,1-2H3,(H,23,24). The van der Waals surface area contributed by atoms with Gasteiger partial charge in [0.05, 0.1) is 6.61 Å². The van der Waals surface area contributed by atoms with E-state index in [1.807, 2.05) is 30.3 Å². The summed E-state index contributed by atoms with van der Waals surface area (Å²) >= 11 is 0. The third-order valence-electron chi connectivity index (χ3n) is 4.05. The second-order valence-corrected chi connectivity index (χ2v) is 6.33. The van der Waals surface area contributed by atoms with Gasteiger partial charge in [0.25, 0.3) is 5.91 Å². The van der Waals surface area contributed by atoms with Gasteiger partial charge in [0.2, 0.25) is 0 Å². The van der Waals surface area contributed by atoms with Crippen molar-refractivity contribution >= 4 is 11.9 Å². The van der Waals surface area contributed by atoms with Gasteiger partial charge in [0.1, 0.15) is 5.75 Å². The maximum atomic E-state index is 12.2. The Bertz CT molecular complexity index is 713.